The normalized spacial score (nSPS) is 33.9. The lowest BCUT2D eigenvalue weighted by atomic mass is 10.2. The van der Waals surface area contributed by atoms with Gasteiger partial charge in [0.05, 0.1) is 0 Å². The quantitative estimate of drug-likeness (QED) is 0.634. The van der Waals surface area contributed by atoms with Crippen LogP contribution in [-0.4, -0.2) is 48.6 Å². The van der Waals surface area contributed by atoms with Gasteiger partial charge in [-0.1, -0.05) is 19.8 Å². The molecular formula is C12H24N2. The van der Waals surface area contributed by atoms with Crippen molar-refractivity contribution in [1.82, 2.24) is 9.80 Å². The molecule has 14 heavy (non-hydrogen) atoms. The van der Waals surface area contributed by atoms with E-state index in [4.69, 9.17) is 0 Å². The molecule has 2 fully saturated rings. The second-order valence-electron chi connectivity index (χ2n) is 5.02. The number of unbranched alkanes of at least 4 members (excludes halogenated alkanes) is 2. The van der Waals surface area contributed by atoms with E-state index in [1.54, 1.807) is 0 Å². The largest absolute Gasteiger partial charge is 0.300 e. The van der Waals surface area contributed by atoms with E-state index in [1.807, 2.05) is 0 Å². The fourth-order valence-corrected chi connectivity index (χ4v) is 2.97. The Balaban J connectivity index is 1.76. The lowest BCUT2D eigenvalue weighted by Crippen LogP contribution is -2.51. The maximum atomic E-state index is 2.69. The summed E-state index contributed by atoms with van der Waals surface area (Å²) in [6, 6.07) is 1.74. The number of fused-ring (bicyclic) bond motifs is 2. The van der Waals surface area contributed by atoms with Crippen LogP contribution in [0.4, 0.5) is 0 Å². The van der Waals surface area contributed by atoms with E-state index < -0.39 is 0 Å². The van der Waals surface area contributed by atoms with Gasteiger partial charge < -0.3 is 4.90 Å². The van der Waals surface area contributed by atoms with Crippen molar-refractivity contribution in [2.45, 2.75) is 51.1 Å². The Labute approximate surface area is 88.3 Å². The van der Waals surface area contributed by atoms with Gasteiger partial charge in [-0.3, -0.25) is 4.90 Å². The van der Waals surface area contributed by atoms with Gasteiger partial charge >= 0.3 is 0 Å². The van der Waals surface area contributed by atoms with Crippen molar-refractivity contribution in [3.63, 3.8) is 0 Å². The Hall–Kier alpha value is -0.0800. The molecule has 0 aliphatic carbocycles. The summed E-state index contributed by atoms with van der Waals surface area (Å²) in [5.41, 5.74) is 0. The number of likely N-dealkylation sites (N-methyl/N-ethyl adjacent to an activating group) is 1. The summed E-state index contributed by atoms with van der Waals surface area (Å²) in [5, 5.41) is 0. The van der Waals surface area contributed by atoms with Crippen LogP contribution in [0.5, 0.6) is 0 Å². The highest BCUT2D eigenvalue weighted by Gasteiger charge is 2.36. The molecule has 0 N–H and O–H groups in total. The molecular weight excluding hydrogens is 172 g/mol. The Morgan fingerprint density at radius 1 is 1.07 bits per heavy atom. The Morgan fingerprint density at radius 2 is 1.71 bits per heavy atom. The molecule has 2 saturated heterocycles. The third kappa shape index (κ3) is 2.12. The van der Waals surface area contributed by atoms with Gasteiger partial charge in [-0.25, -0.2) is 0 Å². The third-order valence-electron chi connectivity index (χ3n) is 4.00. The molecule has 0 aromatic carbocycles. The number of piperazine rings is 1. The van der Waals surface area contributed by atoms with Gasteiger partial charge in [-0.15, -0.1) is 0 Å². The van der Waals surface area contributed by atoms with Crippen LogP contribution in [0, 0.1) is 0 Å². The smallest absolute Gasteiger partial charge is 0.0224 e. The average molecular weight is 196 g/mol. The molecule has 2 aliphatic heterocycles. The van der Waals surface area contributed by atoms with Crippen molar-refractivity contribution < 1.29 is 0 Å². The van der Waals surface area contributed by atoms with Crippen molar-refractivity contribution in [3.8, 4) is 0 Å². The van der Waals surface area contributed by atoms with Gasteiger partial charge in [0, 0.05) is 25.2 Å². The summed E-state index contributed by atoms with van der Waals surface area (Å²) < 4.78 is 0. The van der Waals surface area contributed by atoms with Crippen molar-refractivity contribution in [2.24, 2.45) is 0 Å². The van der Waals surface area contributed by atoms with Gasteiger partial charge in [-0.05, 0) is 32.9 Å². The fraction of sp³-hybridized carbons (Fsp3) is 1.00. The first kappa shape index (κ1) is 10.4. The number of likely N-dealkylation sites (tertiary alicyclic amines) is 1. The average Bonchev–Trinajstić information content (AvgIpc) is 2.41. The maximum absolute atomic E-state index is 2.69. The standard InChI is InChI=1S/C12H24N2/c1-3-4-5-8-14-9-11-6-7-12(10-14)13(11)2/h11-12H,3-10H2,1-2H3. The van der Waals surface area contributed by atoms with Crippen LogP contribution in [-0.2, 0) is 0 Å². The molecule has 0 aromatic rings. The highest BCUT2D eigenvalue weighted by atomic mass is 15.3. The van der Waals surface area contributed by atoms with E-state index in [9.17, 15) is 0 Å². The molecule has 2 aliphatic rings. The Morgan fingerprint density at radius 3 is 2.29 bits per heavy atom. The lowest BCUT2D eigenvalue weighted by Gasteiger charge is -2.38. The molecule has 0 radical (unpaired) electrons. The molecule has 0 amide bonds. The summed E-state index contributed by atoms with van der Waals surface area (Å²) >= 11 is 0. The Bertz CT molecular complexity index is 167. The number of hydrogen-bond acceptors (Lipinski definition) is 2. The second-order valence-corrected chi connectivity index (χ2v) is 5.02. The van der Waals surface area contributed by atoms with Gasteiger partial charge in [-0.2, -0.15) is 0 Å². The first-order chi connectivity index (χ1) is 6.81. The van der Waals surface area contributed by atoms with E-state index >= 15 is 0 Å². The predicted octanol–water partition coefficient (Wildman–Crippen LogP) is 1.96. The summed E-state index contributed by atoms with van der Waals surface area (Å²) in [6.45, 7) is 6.29. The first-order valence-corrected chi connectivity index (χ1v) is 6.25. The molecule has 2 rings (SSSR count). The van der Waals surface area contributed by atoms with Gasteiger partial charge in [0.2, 0.25) is 0 Å². The van der Waals surface area contributed by atoms with Gasteiger partial charge in [0.1, 0.15) is 0 Å². The minimum Gasteiger partial charge on any atom is -0.300 e. The molecule has 2 unspecified atom stereocenters. The highest BCUT2D eigenvalue weighted by molar-refractivity contribution is 4.93. The highest BCUT2D eigenvalue weighted by Crippen LogP contribution is 2.28. The van der Waals surface area contributed by atoms with Crippen LogP contribution in [0.2, 0.25) is 0 Å². The van der Waals surface area contributed by atoms with Crippen molar-refractivity contribution >= 4 is 0 Å². The lowest BCUT2D eigenvalue weighted by molar-refractivity contribution is 0.0875. The molecule has 2 atom stereocenters. The van der Waals surface area contributed by atoms with E-state index in [2.05, 4.69) is 23.8 Å². The molecule has 0 saturated carbocycles. The summed E-state index contributed by atoms with van der Waals surface area (Å²) in [6.07, 6.45) is 7.03. The van der Waals surface area contributed by atoms with E-state index in [0.29, 0.717) is 0 Å². The zero-order chi connectivity index (χ0) is 9.97. The van der Waals surface area contributed by atoms with Crippen LogP contribution < -0.4 is 0 Å². The Kier molecular flexibility index (Phi) is 3.45. The molecule has 0 aromatic heterocycles. The van der Waals surface area contributed by atoms with Crippen LogP contribution in [0.3, 0.4) is 0 Å². The molecule has 2 heteroatoms. The third-order valence-corrected chi connectivity index (χ3v) is 4.00. The first-order valence-electron chi connectivity index (χ1n) is 6.25. The zero-order valence-corrected chi connectivity index (χ0v) is 9.71. The number of nitrogens with zero attached hydrogens (tertiary/aromatic N) is 2. The van der Waals surface area contributed by atoms with Gasteiger partial charge in [0.15, 0.2) is 0 Å². The SMILES string of the molecule is CCCCCN1CC2CCC(C1)N2C. The van der Waals surface area contributed by atoms with Crippen molar-refractivity contribution in [3.05, 3.63) is 0 Å². The predicted molar refractivity (Wildman–Crippen MR) is 60.5 cm³/mol. The van der Waals surface area contributed by atoms with E-state index in [-0.39, 0.29) is 0 Å². The maximum Gasteiger partial charge on any atom is 0.0224 e. The topological polar surface area (TPSA) is 6.48 Å². The van der Waals surface area contributed by atoms with E-state index in [0.717, 1.165) is 12.1 Å². The fourth-order valence-electron chi connectivity index (χ4n) is 2.97. The molecule has 2 heterocycles. The monoisotopic (exact) mass is 196 g/mol. The summed E-state index contributed by atoms with van der Waals surface area (Å²) in [7, 11) is 2.31. The van der Waals surface area contributed by atoms with Crippen molar-refractivity contribution in [2.75, 3.05) is 26.7 Å². The van der Waals surface area contributed by atoms with Crippen LogP contribution >= 0.6 is 0 Å². The minimum atomic E-state index is 0.871. The van der Waals surface area contributed by atoms with Crippen molar-refractivity contribution in [1.29, 1.82) is 0 Å². The van der Waals surface area contributed by atoms with Crippen LogP contribution in [0.25, 0.3) is 0 Å². The van der Waals surface area contributed by atoms with Crippen LogP contribution in [0.15, 0.2) is 0 Å². The zero-order valence-electron chi connectivity index (χ0n) is 9.71. The number of hydrogen-bond donors (Lipinski definition) is 0. The van der Waals surface area contributed by atoms with E-state index in [1.165, 1.54) is 51.7 Å². The minimum absolute atomic E-state index is 0.871. The second kappa shape index (κ2) is 4.63. The molecule has 82 valence electrons. The number of rotatable bonds is 4. The summed E-state index contributed by atoms with van der Waals surface area (Å²) in [4.78, 5) is 5.30. The molecule has 0 spiro atoms. The molecule has 2 nitrogen and oxygen atoms in total. The van der Waals surface area contributed by atoms with Gasteiger partial charge in [0.25, 0.3) is 0 Å². The van der Waals surface area contributed by atoms with Crippen LogP contribution in [0.1, 0.15) is 39.0 Å². The molecule has 2 bridgehead atoms. The summed E-state index contributed by atoms with van der Waals surface area (Å²) in [5.74, 6) is 0.